The Morgan fingerprint density at radius 1 is 0.258 bits per heavy atom. The van der Waals surface area contributed by atoms with Crippen LogP contribution in [0, 0.1) is 18.3 Å². The zero-order valence-electron chi connectivity index (χ0n) is 52.1. The quantitative estimate of drug-likeness (QED) is 0.157. The second kappa shape index (κ2) is 20.3. The van der Waals surface area contributed by atoms with Crippen LogP contribution >= 0.6 is 0 Å². The minimum Gasteiger partial charge on any atom is -0.309 e. The molecule has 97 heavy (non-hydrogen) atoms. The molecule has 0 amide bonds. The van der Waals surface area contributed by atoms with Crippen LogP contribution in [0.2, 0.25) is 0 Å². The van der Waals surface area contributed by atoms with E-state index in [1.54, 1.807) is 6.92 Å². The first kappa shape index (κ1) is 54.7. The topological polar surface area (TPSA) is 53.4 Å². The van der Waals surface area contributed by atoms with Crippen molar-refractivity contribution in [2.45, 2.75) is 13.1 Å². The molecular formula is C87H52F3N7. The van der Waals surface area contributed by atoms with Gasteiger partial charge in [0.15, 0.2) is 0 Å². The highest BCUT2D eigenvalue weighted by atomic mass is 19.4. The van der Waals surface area contributed by atoms with Crippen LogP contribution in [0.3, 0.4) is 0 Å². The molecule has 7 nitrogen and oxygen atoms in total. The minimum absolute atomic E-state index is 0.334. The largest absolute Gasteiger partial charge is 0.416 e. The fourth-order valence-electron chi connectivity index (χ4n) is 16.2. The van der Waals surface area contributed by atoms with E-state index in [0.29, 0.717) is 33.6 Å². The van der Waals surface area contributed by atoms with Gasteiger partial charge in [-0.3, -0.25) is 0 Å². The Bertz CT molecular complexity index is 5920. The van der Waals surface area contributed by atoms with E-state index in [2.05, 4.69) is 300 Å². The molecule has 0 fully saturated rings. The fourth-order valence-corrected chi connectivity index (χ4v) is 16.2. The summed E-state index contributed by atoms with van der Waals surface area (Å²) in [6, 6.07) is 105. The Morgan fingerprint density at radius 2 is 0.495 bits per heavy atom. The van der Waals surface area contributed by atoms with Crippen LogP contribution < -0.4 is 0 Å². The number of benzene rings is 14. The molecule has 14 aromatic carbocycles. The van der Waals surface area contributed by atoms with Gasteiger partial charge in [0.05, 0.1) is 83.1 Å². The first-order valence-corrected chi connectivity index (χ1v) is 32.5. The van der Waals surface area contributed by atoms with Crippen molar-refractivity contribution in [1.82, 2.24) is 27.4 Å². The SMILES string of the molecule is Cc1cc(-c2cc(-n3c4ccc(-n5c6ccccc6c6ccccc65)cc4c4cc(-n5c6ccccc6c6ccccc65)ccc43)c(C#N)c(-n3c4ccc(-n5c6ccccc6c6ccccc65)cc4c4cc(-n5c6ccccc6c6ccccc65)ccc43)c2)cc(C(F)(F)F)c1. The van der Waals surface area contributed by atoms with Gasteiger partial charge in [0.1, 0.15) is 11.6 Å². The predicted molar refractivity (Wildman–Crippen MR) is 392 cm³/mol. The monoisotopic (exact) mass is 1250 g/mol. The molecule has 0 atom stereocenters. The number of nitrogens with zero attached hydrogens (tertiary/aromatic N) is 7. The Kier molecular flexibility index (Phi) is 11.5. The molecular weight excluding hydrogens is 1200 g/mol. The molecule has 0 aliphatic rings. The number of halogens is 3. The van der Waals surface area contributed by atoms with Gasteiger partial charge in [-0.05, 0) is 169 Å². The van der Waals surface area contributed by atoms with Crippen molar-refractivity contribution in [3.63, 3.8) is 0 Å². The normalized spacial score (nSPS) is 12.3. The number of rotatable bonds is 7. The molecule has 20 aromatic rings. The molecule has 0 bridgehead atoms. The Balaban J connectivity index is 0.906. The smallest absolute Gasteiger partial charge is 0.309 e. The maximum atomic E-state index is 15.3. The third-order valence-corrected chi connectivity index (χ3v) is 20.2. The summed E-state index contributed by atoms with van der Waals surface area (Å²) in [6.07, 6.45) is -4.64. The van der Waals surface area contributed by atoms with Crippen LogP contribution in [0.15, 0.2) is 297 Å². The highest BCUT2D eigenvalue weighted by Gasteiger charge is 2.32. The van der Waals surface area contributed by atoms with Gasteiger partial charge in [-0.2, -0.15) is 18.4 Å². The lowest BCUT2D eigenvalue weighted by Crippen LogP contribution is -2.07. The van der Waals surface area contributed by atoms with E-state index in [9.17, 15) is 5.26 Å². The Labute approximate surface area is 552 Å². The number of alkyl halides is 3. The summed E-state index contributed by atoms with van der Waals surface area (Å²) >= 11 is 0. The maximum absolute atomic E-state index is 15.3. The van der Waals surface area contributed by atoms with E-state index < -0.39 is 11.7 Å². The van der Waals surface area contributed by atoms with Gasteiger partial charge in [0, 0.05) is 87.4 Å². The van der Waals surface area contributed by atoms with Crippen LogP contribution in [0.25, 0.3) is 176 Å². The van der Waals surface area contributed by atoms with Crippen LogP contribution in [-0.4, -0.2) is 27.4 Å². The van der Waals surface area contributed by atoms with Crippen molar-refractivity contribution in [3.05, 3.63) is 314 Å². The van der Waals surface area contributed by atoms with E-state index in [1.165, 1.54) is 12.1 Å². The van der Waals surface area contributed by atoms with Crippen molar-refractivity contribution in [2.24, 2.45) is 0 Å². The molecule has 0 saturated heterocycles. The average Bonchev–Trinajstić information content (AvgIpc) is 1.58. The summed E-state index contributed by atoms with van der Waals surface area (Å²) in [4.78, 5) is 0. The highest BCUT2D eigenvalue weighted by Crippen LogP contribution is 2.46. The van der Waals surface area contributed by atoms with E-state index in [4.69, 9.17) is 0 Å². The van der Waals surface area contributed by atoms with Crippen molar-refractivity contribution in [2.75, 3.05) is 0 Å². The second-order valence-electron chi connectivity index (χ2n) is 25.5. The molecule has 0 aliphatic heterocycles. The molecule has 20 rings (SSSR count). The molecule has 0 N–H and O–H groups in total. The summed E-state index contributed by atoms with van der Waals surface area (Å²) in [5.41, 5.74) is 17.5. The standard InChI is InChI=1S/C87H52F3N7/c1-52-42-53(44-55(43-52)87(88,89)90)54-45-85(96-81-38-34-56(92-73-26-10-2-18-60(73)61-19-3-11-27-74(61)92)47-68(81)69-48-57(35-39-82(69)96)93-75-28-12-4-20-62(75)63-21-5-13-29-76(63)93)72(51-91)86(46-54)97-83-40-36-58(94-77-30-14-6-22-64(77)65-23-7-15-31-78(65)94)49-70(83)71-50-59(37-41-84(71)97)95-79-32-16-8-24-66(79)67-25-9-17-33-80(67)95/h2-50H,1H3. The van der Waals surface area contributed by atoms with Crippen LogP contribution in [0.1, 0.15) is 16.7 Å². The molecule has 10 heteroatoms. The first-order valence-electron chi connectivity index (χ1n) is 32.5. The highest BCUT2D eigenvalue weighted by molar-refractivity contribution is 6.17. The summed E-state index contributed by atoms with van der Waals surface area (Å²) in [5.74, 6) is 0. The van der Waals surface area contributed by atoms with Crippen molar-refractivity contribution in [3.8, 4) is 51.3 Å². The van der Waals surface area contributed by atoms with Crippen molar-refractivity contribution in [1.29, 1.82) is 5.26 Å². The van der Waals surface area contributed by atoms with Gasteiger partial charge >= 0.3 is 6.18 Å². The third-order valence-electron chi connectivity index (χ3n) is 20.2. The molecule has 0 unspecified atom stereocenters. The van der Waals surface area contributed by atoms with Gasteiger partial charge in [0.2, 0.25) is 0 Å². The zero-order chi connectivity index (χ0) is 64.5. The van der Waals surface area contributed by atoms with Crippen LogP contribution in [0.4, 0.5) is 13.2 Å². The third kappa shape index (κ3) is 7.91. The lowest BCUT2D eigenvalue weighted by atomic mass is 9.96. The summed E-state index contributed by atoms with van der Waals surface area (Å²) in [5, 5.41) is 25.2. The molecule has 0 aliphatic carbocycles. The van der Waals surface area contributed by atoms with Gasteiger partial charge in [0.25, 0.3) is 0 Å². The number of aromatic nitrogens is 6. The Morgan fingerprint density at radius 3 is 0.742 bits per heavy atom. The number of nitriles is 1. The minimum atomic E-state index is -4.64. The lowest BCUT2D eigenvalue weighted by Gasteiger charge is -2.19. The van der Waals surface area contributed by atoms with E-state index in [0.717, 1.165) is 154 Å². The molecule has 0 saturated carbocycles. The fraction of sp³-hybridized carbons (Fsp3) is 0.0230. The molecule has 0 spiro atoms. The lowest BCUT2D eigenvalue weighted by molar-refractivity contribution is -0.137. The summed E-state index contributed by atoms with van der Waals surface area (Å²) in [7, 11) is 0. The number of aryl methyl sites for hydroxylation is 1. The van der Waals surface area contributed by atoms with Crippen molar-refractivity contribution >= 4 is 131 Å². The van der Waals surface area contributed by atoms with E-state index in [1.807, 2.05) is 18.2 Å². The number of para-hydroxylation sites is 8. The van der Waals surface area contributed by atoms with E-state index >= 15 is 13.2 Å². The first-order chi connectivity index (χ1) is 47.6. The summed E-state index contributed by atoms with van der Waals surface area (Å²) in [6.45, 7) is 1.71. The van der Waals surface area contributed by atoms with Gasteiger partial charge < -0.3 is 27.4 Å². The molecule has 6 heterocycles. The number of hydrogen-bond acceptors (Lipinski definition) is 1. The average molecular weight is 1250 g/mol. The van der Waals surface area contributed by atoms with Crippen molar-refractivity contribution < 1.29 is 13.2 Å². The van der Waals surface area contributed by atoms with E-state index in [-0.39, 0.29) is 0 Å². The van der Waals surface area contributed by atoms with Crippen LogP contribution in [0.5, 0.6) is 0 Å². The van der Waals surface area contributed by atoms with Gasteiger partial charge in [-0.25, -0.2) is 0 Å². The van der Waals surface area contributed by atoms with Crippen LogP contribution in [-0.2, 0) is 6.18 Å². The number of hydrogen-bond donors (Lipinski definition) is 0. The summed E-state index contributed by atoms with van der Waals surface area (Å²) < 4.78 is 59.4. The molecule has 6 aromatic heterocycles. The maximum Gasteiger partial charge on any atom is 0.416 e. The predicted octanol–water partition coefficient (Wildman–Crippen LogP) is 23.1. The molecule has 456 valence electrons. The second-order valence-corrected chi connectivity index (χ2v) is 25.5. The Hall–Kier alpha value is -12.8. The number of fused-ring (bicyclic) bond motifs is 18. The molecule has 0 radical (unpaired) electrons. The zero-order valence-corrected chi connectivity index (χ0v) is 52.1. The van der Waals surface area contributed by atoms with Gasteiger partial charge in [-0.15, -0.1) is 0 Å². The van der Waals surface area contributed by atoms with Gasteiger partial charge in [-0.1, -0.05) is 152 Å².